The number of hydrogen-bond acceptors (Lipinski definition) is 7. The molecule has 0 aliphatic heterocycles. The second kappa shape index (κ2) is 5.95. The zero-order valence-electron chi connectivity index (χ0n) is 12.7. The second-order valence-corrected chi connectivity index (χ2v) is 4.61. The van der Waals surface area contributed by atoms with E-state index in [0.717, 1.165) is 16.7 Å². The molecule has 1 N–H and O–H groups in total. The van der Waals surface area contributed by atoms with E-state index < -0.39 is 27.8 Å². The van der Waals surface area contributed by atoms with Gasteiger partial charge in [0.2, 0.25) is 0 Å². The topological polar surface area (TPSA) is 121 Å². The van der Waals surface area contributed by atoms with Crippen LogP contribution >= 0.6 is 0 Å². The Hall–Kier alpha value is -3.10. The molecule has 1 aromatic heterocycles. The van der Waals surface area contributed by atoms with Gasteiger partial charge in [-0.2, -0.15) is 0 Å². The van der Waals surface area contributed by atoms with Crippen LogP contribution in [-0.4, -0.2) is 34.3 Å². The number of hydrogen-bond donors (Lipinski definition) is 1. The van der Waals surface area contributed by atoms with Crippen molar-refractivity contribution in [2.45, 2.75) is 6.92 Å². The Labute approximate surface area is 129 Å². The molecular formula is C14H14N2O7. The third-order valence-corrected chi connectivity index (χ3v) is 3.32. The summed E-state index contributed by atoms with van der Waals surface area (Å²) in [6.07, 6.45) is 0. The molecule has 0 atom stereocenters. The normalized spacial score (nSPS) is 10.6. The Kier molecular flexibility index (Phi) is 4.21. The summed E-state index contributed by atoms with van der Waals surface area (Å²) in [5.41, 5.74) is -1.47. The first kappa shape index (κ1) is 16.3. The molecule has 2 rings (SSSR count). The minimum absolute atomic E-state index is 0.00546. The number of aromatic nitrogens is 1. The highest BCUT2D eigenvalue weighted by Crippen LogP contribution is 2.34. The van der Waals surface area contributed by atoms with Crippen LogP contribution in [0.25, 0.3) is 10.9 Å². The number of aromatic hydroxyl groups is 1. The first-order valence-electron chi connectivity index (χ1n) is 6.58. The fraction of sp³-hybridized carbons (Fsp3) is 0.286. The van der Waals surface area contributed by atoms with Gasteiger partial charge >= 0.3 is 5.97 Å². The number of carbonyl (C=O) groups excluding carboxylic acids is 1. The first-order chi connectivity index (χ1) is 10.8. The lowest BCUT2D eigenvalue weighted by atomic mass is 10.1. The van der Waals surface area contributed by atoms with Crippen LogP contribution in [0.2, 0.25) is 0 Å². The van der Waals surface area contributed by atoms with Crippen LogP contribution in [0, 0.1) is 10.1 Å². The van der Waals surface area contributed by atoms with Crippen LogP contribution in [0.1, 0.15) is 17.3 Å². The van der Waals surface area contributed by atoms with E-state index in [0.29, 0.717) is 0 Å². The van der Waals surface area contributed by atoms with Crippen LogP contribution in [0.4, 0.5) is 5.69 Å². The molecular weight excluding hydrogens is 308 g/mol. The number of esters is 1. The molecule has 9 nitrogen and oxygen atoms in total. The van der Waals surface area contributed by atoms with Crippen LogP contribution in [0.3, 0.4) is 0 Å². The predicted octanol–water partition coefficient (Wildman–Crippen LogP) is 1.34. The van der Waals surface area contributed by atoms with Gasteiger partial charge in [0.25, 0.3) is 11.2 Å². The number of pyridine rings is 1. The number of ether oxygens (including phenoxy) is 2. The third-order valence-electron chi connectivity index (χ3n) is 3.32. The zero-order valence-corrected chi connectivity index (χ0v) is 12.7. The van der Waals surface area contributed by atoms with Crippen molar-refractivity contribution < 1.29 is 24.3 Å². The second-order valence-electron chi connectivity index (χ2n) is 4.61. The van der Waals surface area contributed by atoms with Gasteiger partial charge in [-0.25, -0.2) is 4.79 Å². The van der Waals surface area contributed by atoms with Crippen molar-refractivity contribution in [1.82, 2.24) is 4.57 Å². The third kappa shape index (κ3) is 2.56. The predicted molar refractivity (Wildman–Crippen MR) is 80.0 cm³/mol. The summed E-state index contributed by atoms with van der Waals surface area (Å²) >= 11 is 0. The highest BCUT2D eigenvalue weighted by molar-refractivity contribution is 6.07. The number of methoxy groups -OCH3 is 1. The van der Waals surface area contributed by atoms with Crippen molar-refractivity contribution in [2.24, 2.45) is 7.05 Å². The van der Waals surface area contributed by atoms with Crippen molar-refractivity contribution in [3.05, 3.63) is 38.2 Å². The van der Waals surface area contributed by atoms with Gasteiger partial charge in [-0.05, 0) is 6.92 Å². The van der Waals surface area contributed by atoms with E-state index in [1.165, 1.54) is 14.2 Å². The average molecular weight is 322 g/mol. The van der Waals surface area contributed by atoms with Gasteiger partial charge in [-0.3, -0.25) is 14.9 Å². The van der Waals surface area contributed by atoms with Crippen LogP contribution < -0.4 is 10.3 Å². The maximum atomic E-state index is 12.1. The lowest BCUT2D eigenvalue weighted by molar-refractivity contribution is -0.384. The number of carbonyl (C=O) groups is 1. The monoisotopic (exact) mass is 322 g/mol. The molecule has 0 bridgehead atoms. The Balaban J connectivity index is 3.04. The van der Waals surface area contributed by atoms with Gasteiger partial charge in [-0.15, -0.1) is 0 Å². The van der Waals surface area contributed by atoms with Gasteiger partial charge in [0.05, 0.1) is 30.2 Å². The van der Waals surface area contributed by atoms with Gasteiger partial charge < -0.3 is 19.1 Å². The standard InChI is InChI=1S/C14H14N2O7/c1-4-23-14(19)10-8-5-7(16(20)21)6-9(22-3)11(8)15(2)13(18)12(10)17/h5-6,17H,4H2,1-3H3. The number of nitro groups is 1. The average Bonchev–Trinajstić information content (AvgIpc) is 2.51. The Morgan fingerprint density at radius 1 is 1.43 bits per heavy atom. The fourth-order valence-corrected chi connectivity index (χ4v) is 2.30. The van der Waals surface area contributed by atoms with E-state index in [1.54, 1.807) is 6.92 Å². The van der Waals surface area contributed by atoms with Gasteiger partial charge in [-0.1, -0.05) is 0 Å². The smallest absolute Gasteiger partial charge is 0.342 e. The number of fused-ring (bicyclic) bond motifs is 1. The highest BCUT2D eigenvalue weighted by atomic mass is 16.6. The van der Waals surface area contributed by atoms with Crippen LogP contribution in [-0.2, 0) is 11.8 Å². The maximum absolute atomic E-state index is 12.1. The van der Waals surface area contributed by atoms with Crippen molar-refractivity contribution in [3.8, 4) is 11.5 Å². The summed E-state index contributed by atoms with van der Waals surface area (Å²) in [6, 6.07) is 2.22. The quantitative estimate of drug-likeness (QED) is 0.512. The summed E-state index contributed by atoms with van der Waals surface area (Å²) in [6.45, 7) is 1.57. The van der Waals surface area contributed by atoms with Gasteiger partial charge in [0, 0.05) is 18.5 Å². The molecule has 0 aliphatic carbocycles. The zero-order chi connectivity index (χ0) is 17.3. The number of nitro benzene ring substituents is 1. The van der Waals surface area contributed by atoms with Crippen molar-refractivity contribution in [1.29, 1.82) is 0 Å². The summed E-state index contributed by atoms with van der Waals surface area (Å²) in [4.78, 5) is 34.6. The Morgan fingerprint density at radius 3 is 2.61 bits per heavy atom. The SMILES string of the molecule is CCOC(=O)c1c(O)c(=O)n(C)c2c(OC)cc([N+](=O)[O-])cc12. The Morgan fingerprint density at radius 2 is 2.09 bits per heavy atom. The van der Waals surface area contributed by atoms with Crippen molar-refractivity contribution >= 4 is 22.6 Å². The van der Waals surface area contributed by atoms with Crippen molar-refractivity contribution in [3.63, 3.8) is 0 Å². The molecule has 0 unspecified atom stereocenters. The lowest BCUT2D eigenvalue weighted by Crippen LogP contribution is -2.21. The number of benzene rings is 1. The molecule has 0 amide bonds. The molecule has 1 heterocycles. The molecule has 122 valence electrons. The van der Waals surface area contributed by atoms with E-state index in [1.807, 2.05) is 0 Å². The van der Waals surface area contributed by atoms with E-state index in [4.69, 9.17) is 9.47 Å². The summed E-state index contributed by atoms with van der Waals surface area (Å²) in [5, 5.41) is 21.1. The molecule has 23 heavy (non-hydrogen) atoms. The summed E-state index contributed by atoms with van der Waals surface area (Å²) in [5.74, 6) is -1.75. The largest absolute Gasteiger partial charge is 0.502 e. The molecule has 0 saturated carbocycles. The van der Waals surface area contributed by atoms with E-state index in [2.05, 4.69) is 0 Å². The molecule has 0 fully saturated rings. The number of non-ortho nitro benzene ring substituents is 1. The molecule has 0 radical (unpaired) electrons. The molecule has 0 aliphatic rings. The summed E-state index contributed by atoms with van der Waals surface area (Å²) < 4.78 is 11.0. The minimum Gasteiger partial charge on any atom is -0.502 e. The van der Waals surface area contributed by atoms with Crippen molar-refractivity contribution in [2.75, 3.05) is 13.7 Å². The van der Waals surface area contributed by atoms with E-state index in [9.17, 15) is 24.8 Å². The van der Waals surface area contributed by atoms with E-state index in [-0.39, 0.29) is 28.9 Å². The molecule has 2 aromatic rings. The van der Waals surface area contributed by atoms with Gasteiger partial charge in [0.1, 0.15) is 11.3 Å². The fourth-order valence-electron chi connectivity index (χ4n) is 2.30. The Bertz CT molecular complexity index is 870. The minimum atomic E-state index is -0.949. The summed E-state index contributed by atoms with van der Waals surface area (Å²) in [7, 11) is 2.63. The number of nitrogens with zero attached hydrogens (tertiary/aromatic N) is 2. The highest BCUT2D eigenvalue weighted by Gasteiger charge is 2.26. The molecule has 9 heteroatoms. The maximum Gasteiger partial charge on any atom is 0.342 e. The van der Waals surface area contributed by atoms with E-state index >= 15 is 0 Å². The van der Waals surface area contributed by atoms with Crippen LogP contribution in [0.15, 0.2) is 16.9 Å². The number of rotatable bonds is 4. The lowest BCUT2D eigenvalue weighted by Gasteiger charge is -2.14. The van der Waals surface area contributed by atoms with Crippen LogP contribution in [0.5, 0.6) is 11.5 Å². The number of aryl methyl sites for hydroxylation is 1. The first-order valence-corrected chi connectivity index (χ1v) is 6.58. The van der Waals surface area contributed by atoms with Gasteiger partial charge in [0.15, 0.2) is 5.75 Å². The molecule has 0 spiro atoms. The molecule has 1 aromatic carbocycles. The molecule has 0 saturated heterocycles.